The molecule has 1 unspecified atom stereocenters. The monoisotopic (exact) mass is 348 g/mol. The van der Waals surface area contributed by atoms with E-state index in [2.05, 4.69) is 0 Å². The van der Waals surface area contributed by atoms with E-state index in [1.165, 1.54) is 31.2 Å². The van der Waals surface area contributed by atoms with Gasteiger partial charge in [0.15, 0.2) is 0 Å². The Hall–Kier alpha value is -1.00. The molecule has 21 heavy (non-hydrogen) atoms. The van der Waals surface area contributed by atoms with Crippen molar-refractivity contribution in [1.82, 2.24) is 0 Å². The molecule has 2 rings (SSSR count). The standard InChI is InChI=1S/C15H12Cl3FO2/c1-7-3-14(9(8(2)20)4-13(7)19)21-15-6-11(17)10(16)5-12(15)18/h3-6,8,20H,1-2H3. The van der Waals surface area contributed by atoms with Crippen molar-refractivity contribution in [3.05, 3.63) is 56.3 Å². The smallest absolute Gasteiger partial charge is 0.147 e. The van der Waals surface area contributed by atoms with Gasteiger partial charge in [0.1, 0.15) is 17.3 Å². The first-order valence-electron chi connectivity index (χ1n) is 6.10. The highest BCUT2D eigenvalue weighted by atomic mass is 35.5. The second-order valence-electron chi connectivity index (χ2n) is 4.61. The molecule has 0 heterocycles. The summed E-state index contributed by atoms with van der Waals surface area (Å²) in [6.45, 7) is 3.12. The summed E-state index contributed by atoms with van der Waals surface area (Å²) in [6, 6.07) is 5.66. The maximum Gasteiger partial charge on any atom is 0.147 e. The largest absolute Gasteiger partial charge is 0.455 e. The van der Waals surface area contributed by atoms with E-state index < -0.39 is 11.9 Å². The fourth-order valence-corrected chi connectivity index (χ4v) is 2.36. The Morgan fingerprint density at radius 2 is 1.62 bits per heavy atom. The Bertz CT molecular complexity index is 687. The van der Waals surface area contributed by atoms with E-state index in [1.54, 1.807) is 6.92 Å². The van der Waals surface area contributed by atoms with Crippen LogP contribution in [0.2, 0.25) is 15.1 Å². The molecule has 0 spiro atoms. The highest BCUT2D eigenvalue weighted by molar-refractivity contribution is 6.43. The minimum absolute atomic E-state index is 0.267. The molecular formula is C15H12Cl3FO2. The van der Waals surface area contributed by atoms with Gasteiger partial charge in [-0.15, -0.1) is 0 Å². The maximum atomic E-state index is 13.6. The summed E-state index contributed by atoms with van der Waals surface area (Å²) in [5.74, 6) is 0.168. The highest BCUT2D eigenvalue weighted by Crippen LogP contribution is 2.38. The van der Waals surface area contributed by atoms with Gasteiger partial charge in [-0.25, -0.2) is 4.39 Å². The molecule has 0 bridgehead atoms. The van der Waals surface area contributed by atoms with Crippen molar-refractivity contribution in [2.75, 3.05) is 0 Å². The molecule has 6 heteroatoms. The van der Waals surface area contributed by atoms with E-state index in [4.69, 9.17) is 39.5 Å². The molecule has 0 saturated carbocycles. The van der Waals surface area contributed by atoms with Gasteiger partial charge >= 0.3 is 0 Å². The molecule has 0 aromatic heterocycles. The molecular weight excluding hydrogens is 338 g/mol. The van der Waals surface area contributed by atoms with Crippen LogP contribution in [0, 0.1) is 12.7 Å². The number of hydrogen-bond acceptors (Lipinski definition) is 2. The molecule has 0 amide bonds. The summed E-state index contributed by atoms with van der Waals surface area (Å²) in [6.07, 6.45) is -0.892. The summed E-state index contributed by atoms with van der Waals surface area (Å²) in [4.78, 5) is 0. The van der Waals surface area contributed by atoms with Gasteiger partial charge in [-0.2, -0.15) is 0 Å². The molecule has 112 valence electrons. The molecule has 2 aromatic rings. The van der Waals surface area contributed by atoms with Crippen molar-refractivity contribution in [3.63, 3.8) is 0 Å². The van der Waals surface area contributed by atoms with Crippen LogP contribution in [0.15, 0.2) is 24.3 Å². The Labute approximate surface area is 137 Å². The fourth-order valence-electron chi connectivity index (χ4n) is 1.79. The van der Waals surface area contributed by atoms with E-state index >= 15 is 0 Å². The molecule has 0 aliphatic rings. The van der Waals surface area contributed by atoms with Crippen molar-refractivity contribution >= 4 is 34.8 Å². The van der Waals surface area contributed by atoms with E-state index in [1.807, 2.05) is 0 Å². The first kappa shape index (κ1) is 16.4. The molecule has 2 nitrogen and oxygen atoms in total. The van der Waals surface area contributed by atoms with Crippen LogP contribution in [0.5, 0.6) is 11.5 Å². The van der Waals surface area contributed by atoms with Crippen LogP contribution in [0.1, 0.15) is 24.2 Å². The maximum absolute atomic E-state index is 13.6. The zero-order valence-corrected chi connectivity index (χ0v) is 13.5. The van der Waals surface area contributed by atoms with Crippen molar-refractivity contribution < 1.29 is 14.2 Å². The SMILES string of the molecule is Cc1cc(Oc2cc(Cl)c(Cl)cc2Cl)c(C(C)O)cc1F. The van der Waals surface area contributed by atoms with Gasteiger partial charge in [0.2, 0.25) is 0 Å². The average Bonchev–Trinajstić information content (AvgIpc) is 2.39. The van der Waals surface area contributed by atoms with Crippen LogP contribution in [0.4, 0.5) is 4.39 Å². The lowest BCUT2D eigenvalue weighted by atomic mass is 10.1. The third kappa shape index (κ3) is 3.61. The number of aliphatic hydroxyl groups excluding tert-OH is 1. The normalized spacial score (nSPS) is 12.3. The average molecular weight is 350 g/mol. The van der Waals surface area contributed by atoms with Crippen molar-refractivity contribution in [1.29, 1.82) is 0 Å². The van der Waals surface area contributed by atoms with Gasteiger partial charge in [0.25, 0.3) is 0 Å². The predicted octanol–water partition coefficient (Wildman–Crippen LogP) is 5.94. The highest BCUT2D eigenvalue weighted by Gasteiger charge is 2.16. The van der Waals surface area contributed by atoms with Crippen LogP contribution >= 0.6 is 34.8 Å². The lowest BCUT2D eigenvalue weighted by Gasteiger charge is -2.16. The van der Waals surface area contributed by atoms with Crippen LogP contribution in [0.3, 0.4) is 0 Å². The van der Waals surface area contributed by atoms with Crippen LogP contribution in [0.25, 0.3) is 0 Å². The predicted molar refractivity (Wildman–Crippen MR) is 83.3 cm³/mol. The number of ether oxygens (including phenoxy) is 1. The minimum Gasteiger partial charge on any atom is -0.455 e. The summed E-state index contributed by atoms with van der Waals surface area (Å²) in [5, 5.41) is 10.6. The van der Waals surface area contributed by atoms with Gasteiger partial charge in [-0.3, -0.25) is 0 Å². The van der Waals surface area contributed by atoms with Crippen LogP contribution in [-0.2, 0) is 0 Å². The molecule has 2 aromatic carbocycles. The third-order valence-electron chi connectivity index (χ3n) is 2.94. The quantitative estimate of drug-likeness (QED) is 0.695. The molecule has 0 aliphatic heterocycles. The Morgan fingerprint density at radius 1 is 1.00 bits per heavy atom. The van der Waals surface area contributed by atoms with Crippen molar-refractivity contribution in [2.24, 2.45) is 0 Å². The van der Waals surface area contributed by atoms with Crippen LogP contribution < -0.4 is 4.74 Å². The van der Waals surface area contributed by atoms with Gasteiger partial charge < -0.3 is 9.84 Å². The lowest BCUT2D eigenvalue weighted by Crippen LogP contribution is -1.99. The number of aryl methyl sites for hydroxylation is 1. The summed E-state index contributed by atoms with van der Waals surface area (Å²) < 4.78 is 19.3. The topological polar surface area (TPSA) is 29.5 Å². The molecule has 0 aliphatic carbocycles. The molecule has 0 saturated heterocycles. The number of hydrogen-bond donors (Lipinski definition) is 1. The third-order valence-corrected chi connectivity index (χ3v) is 3.95. The second-order valence-corrected chi connectivity index (χ2v) is 5.84. The number of aliphatic hydroxyl groups is 1. The molecule has 0 fully saturated rings. The Morgan fingerprint density at radius 3 is 2.24 bits per heavy atom. The summed E-state index contributed by atoms with van der Waals surface area (Å²) in [7, 11) is 0. The van der Waals surface area contributed by atoms with Gasteiger partial charge in [0.05, 0.1) is 21.2 Å². The van der Waals surface area contributed by atoms with Gasteiger partial charge in [0, 0.05) is 11.6 Å². The van der Waals surface area contributed by atoms with Crippen molar-refractivity contribution in [2.45, 2.75) is 20.0 Å². The van der Waals surface area contributed by atoms with E-state index in [0.29, 0.717) is 21.9 Å². The van der Waals surface area contributed by atoms with Crippen molar-refractivity contribution in [3.8, 4) is 11.5 Å². The zero-order chi connectivity index (χ0) is 15.7. The number of rotatable bonds is 3. The zero-order valence-electron chi connectivity index (χ0n) is 11.3. The first-order chi connectivity index (χ1) is 9.79. The van der Waals surface area contributed by atoms with E-state index in [9.17, 15) is 9.50 Å². The van der Waals surface area contributed by atoms with Crippen LogP contribution in [-0.4, -0.2) is 5.11 Å². The molecule has 1 N–H and O–H groups in total. The Kier molecular flexibility index (Phi) is 4.99. The minimum atomic E-state index is -0.892. The second kappa shape index (κ2) is 6.41. The molecule has 1 atom stereocenters. The Balaban J connectivity index is 2.48. The van der Waals surface area contributed by atoms with Gasteiger partial charge in [-0.05, 0) is 37.6 Å². The number of benzene rings is 2. The molecule has 0 radical (unpaired) electrons. The fraction of sp³-hybridized carbons (Fsp3) is 0.200. The summed E-state index contributed by atoms with van der Waals surface area (Å²) >= 11 is 17.8. The summed E-state index contributed by atoms with van der Waals surface area (Å²) in [5.41, 5.74) is 0.714. The lowest BCUT2D eigenvalue weighted by molar-refractivity contribution is 0.195. The van der Waals surface area contributed by atoms with E-state index in [0.717, 1.165) is 0 Å². The van der Waals surface area contributed by atoms with Gasteiger partial charge in [-0.1, -0.05) is 34.8 Å². The first-order valence-corrected chi connectivity index (χ1v) is 7.23. The number of halogens is 4. The van der Waals surface area contributed by atoms with E-state index in [-0.39, 0.29) is 15.8 Å².